The van der Waals surface area contributed by atoms with E-state index in [-0.39, 0.29) is 18.2 Å². The standard InChI is InChI=1S/C24H22N2O2/c27-24(28-16-17-6-2-1-3-7-17)26-19-11-12-20(26)15-18(14-19)21-8-4-10-23-22(21)9-5-13-25-23/h1-10,13-14,19-20H,11-12,15-16H2. The molecule has 2 unspecified atom stereocenters. The largest absolute Gasteiger partial charge is 0.445 e. The second kappa shape index (κ2) is 7.12. The van der Waals surface area contributed by atoms with Crippen LogP contribution in [0, 0.1) is 0 Å². The van der Waals surface area contributed by atoms with Crippen LogP contribution in [0.2, 0.25) is 0 Å². The van der Waals surface area contributed by atoms with E-state index in [1.54, 1.807) is 0 Å². The van der Waals surface area contributed by atoms with Gasteiger partial charge in [-0.2, -0.15) is 0 Å². The maximum absolute atomic E-state index is 12.8. The lowest BCUT2D eigenvalue weighted by atomic mass is 9.92. The van der Waals surface area contributed by atoms with Crippen molar-refractivity contribution in [3.63, 3.8) is 0 Å². The van der Waals surface area contributed by atoms with Crippen LogP contribution in [0.5, 0.6) is 0 Å². The van der Waals surface area contributed by atoms with Crippen molar-refractivity contribution in [3.05, 3.63) is 84.1 Å². The summed E-state index contributed by atoms with van der Waals surface area (Å²) < 4.78 is 5.61. The molecular weight excluding hydrogens is 348 g/mol. The molecule has 1 saturated heterocycles. The highest BCUT2D eigenvalue weighted by atomic mass is 16.6. The number of nitrogens with zero attached hydrogens (tertiary/aromatic N) is 2. The van der Waals surface area contributed by atoms with Gasteiger partial charge in [0.1, 0.15) is 6.61 Å². The number of hydrogen-bond acceptors (Lipinski definition) is 3. The van der Waals surface area contributed by atoms with Crippen LogP contribution < -0.4 is 0 Å². The molecule has 4 heteroatoms. The number of hydrogen-bond donors (Lipinski definition) is 0. The molecular formula is C24H22N2O2. The molecule has 3 heterocycles. The van der Waals surface area contributed by atoms with Crippen LogP contribution >= 0.6 is 0 Å². The number of rotatable bonds is 3. The molecule has 2 aliphatic heterocycles. The Balaban J connectivity index is 1.37. The number of carbonyl (C=O) groups is 1. The van der Waals surface area contributed by atoms with E-state index >= 15 is 0 Å². The molecule has 140 valence electrons. The number of amides is 1. The highest BCUT2D eigenvalue weighted by molar-refractivity contribution is 5.92. The Morgan fingerprint density at radius 1 is 1.04 bits per heavy atom. The Labute approximate surface area is 164 Å². The van der Waals surface area contributed by atoms with Crippen molar-refractivity contribution >= 4 is 22.6 Å². The molecule has 28 heavy (non-hydrogen) atoms. The van der Waals surface area contributed by atoms with E-state index in [1.807, 2.05) is 53.6 Å². The molecule has 2 atom stereocenters. The third kappa shape index (κ3) is 3.05. The first-order valence-corrected chi connectivity index (χ1v) is 9.83. The lowest BCUT2D eigenvalue weighted by Crippen LogP contribution is -2.43. The minimum absolute atomic E-state index is 0.115. The molecule has 4 nitrogen and oxygen atoms in total. The lowest BCUT2D eigenvalue weighted by Gasteiger charge is -2.33. The summed E-state index contributed by atoms with van der Waals surface area (Å²) in [6.07, 6.45) is 6.77. The van der Waals surface area contributed by atoms with E-state index in [9.17, 15) is 4.79 Å². The van der Waals surface area contributed by atoms with Crippen LogP contribution in [-0.4, -0.2) is 28.1 Å². The van der Waals surface area contributed by atoms with Gasteiger partial charge in [0, 0.05) is 17.6 Å². The van der Waals surface area contributed by atoms with Crippen LogP contribution in [0.4, 0.5) is 4.79 Å². The zero-order valence-electron chi connectivity index (χ0n) is 15.6. The second-order valence-electron chi connectivity index (χ2n) is 7.52. The number of carbonyl (C=O) groups excluding carboxylic acids is 1. The molecule has 1 aromatic heterocycles. The summed E-state index contributed by atoms with van der Waals surface area (Å²) in [4.78, 5) is 19.2. The van der Waals surface area contributed by atoms with E-state index in [4.69, 9.17) is 4.74 Å². The molecule has 0 aliphatic carbocycles. The van der Waals surface area contributed by atoms with Gasteiger partial charge in [0.2, 0.25) is 0 Å². The highest BCUT2D eigenvalue weighted by Gasteiger charge is 2.40. The number of pyridine rings is 1. The molecule has 2 bridgehead atoms. The van der Waals surface area contributed by atoms with E-state index < -0.39 is 0 Å². The van der Waals surface area contributed by atoms with Crippen LogP contribution in [-0.2, 0) is 11.3 Å². The van der Waals surface area contributed by atoms with E-state index in [0.717, 1.165) is 30.3 Å². The van der Waals surface area contributed by atoms with Gasteiger partial charge < -0.3 is 4.74 Å². The van der Waals surface area contributed by atoms with Gasteiger partial charge in [-0.25, -0.2) is 4.79 Å². The third-order valence-electron chi connectivity index (χ3n) is 5.80. The lowest BCUT2D eigenvalue weighted by molar-refractivity contribution is 0.0832. The summed E-state index contributed by atoms with van der Waals surface area (Å²) in [5, 5.41) is 1.18. The summed E-state index contributed by atoms with van der Waals surface area (Å²) in [5.41, 5.74) is 4.58. The summed E-state index contributed by atoms with van der Waals surface area (Å²) in [6, 6.07) is 20.5. The summed E-state index contributed by atoms with van der Waals surface area (Å²) >= 11 is 0. The predicted octanol–water partition coefficient (Wildman–Crippen LogP) is 5.19. The molecule has 0 spiro atoms. The maximum Gasteiger partial charge on any atom is 0.410 e. The van der Waals surface area contributed by atoms with Crippen molar-refractivity contribution in [1.29, 1.82) is 0 Å². The summed E-state index contributed by atoms with van der Waals surface area (Å²) in [7, 11) is 0. The fourth-order valence-corrected chi connectivity index (χ4v) is 4.49. The zero-order chi connectivity index (χ0) is 18.9. The first kappa shape index (κ1) is 17.0. The van der Waals surface area contributed by atoms with E-state index in [1.165, 1.54) is 16.5 Å². The Hall–Kier alpha value is -3.14. The molecule has 2 aromatic carbocycles. The topological polar surface area (TPSA) is 42.4 Å². The minimum Gasteiger partial charge on any atom is -0.445 e. The van der Waals surface area contributed by atoms with Gasteiger partial charge in [0.05, 0.1) is 11.6 Å². The number of benzene rings is 2. The fraction of sp³-hybridized carbons (Fsp3) is 0.250. The second-order valence-corrected chi connectivity index (χ2v) is 7.52. The maximum atomic E-state index is 12.8. The van der Waals surface area contributed by atoms with Crippen LogP contribution in [0.15, 0.2) is 72.9 Å². The highest BCUT2D eigenvalue weighted by Crippen LogP contribution is 2.40. The minimum atomic E-state index is -0.203. The predicted molar refractivity (Wildman–Crippen MR) is 110 cm³/mol. The smallest absolute Gasteiger partial charge is 0.410 e. The van der Waals surface area contributed by atoms with Crippen molar-refractivity contribution < 1.29 is 9.53 Å². The Morgan fingerprint density at radius 3 is 2.79 bits per heavy atom. The van der Waals surface area contributed by atoms with Gasteiger partial charge in [-0.1, -0.05) is 54.6 Å². The Morgan fingerprint density at radius 2 is 1.93 bits per heavy atom. The van der Waals surface area contributed by atoms with E-state index in [2.05, 4.69) is 29.3 Å². The Bertz CT molecular complexity index is 1040. The molecule has 0 N–H and O–H groups in total. The quantitative estimate of drug-likeness (QED) is 0.637. The van der Waals surface area contributed by atoms with Gasteiger partial charge in [0.25, 0.3) is 0 Å². The zero-order valence-corrected chi connectivity index (χ0v) is 15.6. The normalized spacial score (nSPS) is 20.9. The third-order valence-corrected chi connectivity index (χ3v) is 5.80. The molecule has 1 amide bonds. The molecule has 3 aromatic rings. The first-order valence-electron chi connectivity index (χ1n) is 9.83. The van der Waals surface area contributed by atoms with Crippen LogP contribution in [0.3, 0.4) is 0 Å². The van der Waals surface area contributed by atoms with Gasteiger partial charge in [-0.05, 0) is 48.1 Å². The molecule has 5 rings (SSSR count). The van der Waals surface area contributed by atoms with Crippen molar-refractivity contribution in [3.8, 4) is 0 Å². The average Bonchev–Trinajstić information content (AvgIpc) is 3.02. The van der Waals surface area contributed by atoms with Crippen molar-refractivity contribution in [2.75, 3.05) is 0 Å². The first-order chi connectivity index (χ1) is 13.8. The van der Waals surface area contributed by atoms with Crippen molar-refractivity contribution in [2.45, 2.75) is 38.0 Å². The summed E-state index contributed by atoms with van der Waals surface area (Å²) in [6.45, 7) is 0.321. The SMILES string of the molecule is O=C(OCc1ccccc1)N1C2C=C(c3cccc4ncccc34)CC1CC2. The van der Waals surface area contributed by atoms with E-state index in [0.29, 0.717) is 6.61 Å². The molecule has 1 fully saturated rings. The fourth-order valence-electron chi connectivity index (χ4n) is 4.49. The monoisotopic (exact) mass is 370 g/mol. The van der Waals surface area contributed by atoms with Gasteiger partial charge in [0.15, 0.2) is 0 Å². The van der Waals surface area contributed by atoms with Crippen molar-refractivity contribution in [2.24, 2.45) is 0 Å². The molecule has 0 saturated carbocycles. The van der Waals surface area contributed by atoms with Gasteiger partial charge in [-0.3, -0.25) is 9.88 Å². The molecule has 0 radical (unpaired) electrons. The van der Waals surface area contributed by atoms with Gasteiger partial charge >= 0.3 is 6.09 Å². The number of aromatic nitrogens is 1. The molecule has 2 aliphatic rings. The van der Waals surface area contributed by atoms with Crippen LogP contribution in [0.1, 0.15) is 30.4 Å². The number of ether oxygens (including phenoxy) is 1. The number of fused-ring (bicyclic) bond motifs is 3. The van der Waals surface area contributed by atoms with Crippen LogP contribution in [0.25, 0.3) is 16.5 Å². The average molecular weight is 370 g/mol. The Kier molecular flexibility index (Phi) is 4.32. The van der Waals surface area contributed by atoms with Gasteiger partial charge in [-0.15, -0.1) is 0 Å². The summed E-state index contributed by atoms with van der Waals surface area (Å²) in [5.74, 6) is 0. The van der Waals surface area contributed by atoms with Crippen molar-refractivity contribution in [1.82, 2.24) is 9.88 Å².